The number of rotatable bonds is 5. The van der Waals surface area contributed by atoms with E-state index in [4.69, 9.17) is 9.72 Å². The number of carbonyl (C=O) groups is 2. The monoisotopic (exact) mass is 442 g/mol. The van der Waals surface area contributed by atoms with Crippen LogP contribution in [0.5, 0.6) is 0 Å². The zero-order valence-corrected chi connectivity index (χ0v) is 19.4. The minimum Gasteiger partial charge on any atom is -0.462 e. The number of fused-ring (bicyclic) bond motifs is 1. The van der Waals surface area contributed by atoms with Crippen molar-refractivity contribution >= 4 is 28.6 Å². The van der Waals surface area contributed by atoms with Gasteiger partial charge in [-0.05, 0) is 70.0 Å². The molecule has 0 fully saturated rings. The molecule has 7 nitrogen and oxygen atoms in total. The summed E-state index contributed by atoms with van der Waals surface area (Å²) >= 11 is 0. The van der Waals surface area contributed by atoms with Gasteiger partial charge in [-0.1, -0.05) is 29.3 Å². The molecule has 0 saturated carbocycles. The van der Waals surface area contributed by atoms with Gasteiger partial charge in [0.05, 0.1) is 18.3 Å². The zero-order valence-electron chi connectivity index (χ0n) is 19.4. The van der Waals surface area contributed by atoms with Crippen molar-refractivity contribution < 1.29 is 14.3 Å². The third-order valence-corrected chi connectivity index (χ3v) is 5.44. The average molecular weight is 443 g/mol. The summed E-state index contributed by atoms with van der Waals surface area (Å²) in [5.41, 5.74) is 5.67. The number of nitrogens with zero attached hydrogens (tertiary/aromatic N) is 3. The number of amides is 1. The van der Waals surface area contributed by atoms with Gasteiger partial charge in [0.2, 0.25) is 0 Å². The Morgan fingerprint density at radius 3 is 2.52 bits per heavy atom. The highest BCUT2D eigenvalue weighted by atomic mass is 16.5. The molecule has 0 aliphatic rings. The molecule has 0 radical (unpaired) electrons. The van der Waals surface area contributed by atoms with Crippen LogP contribution in [0.1, 0.15) is 49.9 Å². The van der Waals surface area contributed by atoms with Crippen LogP contribution in [0.2, 0.25) is 0 Å². The second kappa shape index (κ2) is 8.86. The van der Waals surface area contributed by atoms with Crippen LogP contribution in [0, 0.1) is 27.7 Å². The summed E-state index contributed by atoms with van der Waals surface area (Å²) in [6.45, 7) is 9.93. The fourth-order valence-corrected chi connectivity index (χ4v) is 3.90. The van der Waals surface area contributed by atoms with Crippen molar-refractivity contribution in [3.8, 4) is 5.82 Å². The maximum absolute atomic E-state index is 13.0. The highest BCUT2D eigenvalue weighted by Crippen LogP contribution is 2.27. The quantitative estimate of drug-likeness (QED) is 0.436. The molecule has 33 heavy (non-hydrogen) atoms. The van der Waals surface area contributed by atoms with Crippen molar-refractivity contribution in [1.82, 2.24) is 14.8 Å². The smallest absolute Gasteiger partial charge is 0.343 e. The van der Waals surface area contributed by atoms with Crippen LogP contribution in [0.3, 0.4) is 0 Å². The van der Waals surface area contributed by atoms with Gasteiger partial charge in [-0.15, -0.1) is 0 Å². The Morgan fingerprint density at radius 2 is 1.79 bits per heavy atom. The fourth-order valence-electron chi connectivity index (χ4n) is 3.90. The molecule has 0 unspecified atom stereocenters. The van der Waals surface area contributed by atoms with Crippen LogP contribution in [-0.4, -0.2) is 33.2 Å². The molecular formula is C26H26N4O3. The van der Waals surface area contributed by atoms with E-state index in [1.54, 1.807) is 19.1 Å². The molecule has 2 aromatic heterocycles. The predicted octanol–water partition coefficient (Wildman–Crippen LogP) is 5.08. The van der Waals surface area contributed by atoms with Crippen molar-refractivity contribution in [2.75, 3.05) is 11.9 Å². The number of esters is 1. The summed E-state index contributed by atoms with van der Waals surface area (Å²) < 4.78 is 6.66. The van der Waals surface area contributed by atoms with E-state index in [1.165, 1.54) is 10.9 Å². The molecular weight excluding hydrogens is 416 g/mol. The van der Waals surface area contributed by atoms with E-state index in [0.29, 0.717) is 11.4 Å². The number of pyridine rings is 1. The van der Waals surface area contributed by atoms with Gasteiger partial charge in [0.25, 0.3) is 5.91 Å². The molecule has 0 spiro atoms. The minimum absolute atomic E-state index is 0.165. The van der Waals surface area contributed by atoms with Crippen molar-refractivity contribution in [3.63, 3.8) is 0 Å². The normalized spacial score (nSPS) is 10.9. The number of hydrogen-bond acceptors (Lipinski definition) is 5. The first kappa shape index (κ1) is 22.2. The lowest BCUT2D eigenvalue weighted by molar-refractivity contribution is 0.0527. The Morgan fingerprint density at radius 1 is 1.00 bits per heavy atom. The van der Waals surface area contributed by atoms with Crippen LogP contribution in [-0.2, 0) is 4.74 Å². The summed E-state index contributed by atoms with van der Waals surface area (Å²) in [7, 11) is 0. The molecule has 4 aromatic rings. The van der Waals surface area contributed by atoms with Crippen molar-refractivity contribution in [2.24, 2.45) is 0 Å². The average Bonchev–Trinajstić information content (AvgIpc) is 3.18. The second-order valence-electron chi connectivity index (χ2n) is 8.14. The first-order valence-electron chi connectivity index (χ1n) is 10.8. The molecule has 168 valence electrons. The molecule has 4 rings (SSSR count). The number of carbonyl (C=O) groups excluding carboxylic acids is 2. The minimum atomic E-state index is -0.562. The van der Waals surface area contributed by atoms with Crippen LogP contribution in [0.4, 0.5) is 5.82 Å². The number of aryl methyl sites for hydroxylation is 4. The van der Waals surface area contributed by atoms with Gasteiger partial charge in [-0.25, -0.2) is 9.78 Å². The van der Waals surface area contributed by atoms with Gasteiger partial charge < -0.3 is 10.1 Å². The maximum atomic E-state index is 13.0. The van der Waals surface area contributed by atoms with Gasteiger partial charge in [-0.3, -0.25) is 4.79 Å². The number of ether oxygens (including phenoxy) is 1. The molecule has 0 atom stereocenters. The lowest BCUT2D eigenvalue weighted by atomic mass is 10.0. The van der Waals surface area contributed by atoms with Crippen LogP contribution in [0.25, 0.3) is 16.7 Å². The SMILES string of the molecule is CCOC(=O)c1cnn(-c2cc(C)c3cc(C)cc(C)c3n2)c1NC(=O)c1cccc(C)c1. The summed E-state index contributed by atoms with van der Waals surface area (Å²) in [5, 5.41) is 8.30. The third-order valence-electron chi connectivity index (χ3n) is 5.44. The molecule has 0 saturated heterocycles. The molecule has 0 aliphatic carbocycles. The van der Waals surface area contributed by atoms with E-state index in [9.17, 15) is 9.59 Å². The maximum Gasteiger partial charge on any atom is 0.343 e. The molecule has 0 bridgehead atoms. The van der Waals surface area contributed by atoms with Crippen molar-refractivity contribution in [3.05, 3.63) is 82.0 Å². The highest BCUT2D eigenvalue weighted by molar-refractivity contribution is 6.07. The number of aromatic nitrogens is 3. The van der Waals surface area contributed by atoms with E-state index in [-0.39, 0.29) is 23.9 Å². The number of benzene rings is 2. The Bertz CT molecular complexity index is 1390. The highest BCUT2D eigenvalue weighted by Gasteiger charge is 2.23. The van der Waals surface area contributed by atoms with Crippen molar-refractivity contribution in [2.45, 2.75) is 34.6 Å². The molecule has 7 heteroatoms. The Balaban J connectivity index is 1.85. The first-order valence-corrected chi connectivity index (χ1v) is 10.8. The van der Waals surface area contributed by atoms with Crippen molar-refractivity contribution in [1.29, 1.82) is 0 Å². The molecule has 1 amide bonds. The fraction of sp³-hybridized carbons (Fsp3) is 0.231. The Hall–Kier alpha value is -4.00. The van der Waals surface area contributed by atoms with Gasteiger partial charge >= 0.3 is 5.97 Å². The standard InChI is InChI=1S/C26H26N4O3/c1-6-33-26(32)21-14-27-30(24(21)29-25(31)19-9-7-8-15(2)11-19)22-13-17(4)20-12-16(3)10-18(5)23(20)28-22/h7-14H,6H2,1-5H3,(H,29,31). The summed E-state index contributed by atoms with van der Waals surface area (Å²) in [6, 6.07) is 13.3. The predicted molar refractivity (Wildman–Crippen MR) is 128 cm³/mol. The van der Waals surface area contributed by atoms with E-state index < -0.39 is 5.97 Å². The third kappa shape index (κ3) is 4.35. The molecule has 2 aromatic carbocycles. The first-order chi connectivity index (χ1) is 15.8. The number of nitrogens with one attached hydrogen (secondary N) is 1. The Labute approximate surface area is 192 Å². The topological polar surface area (TPSA) is 86.1 Å². The lowest BCUT2D eigenvalue weighted by Crippen LogP contribution is -2.18. The van der Waals surface area contributed by atoms with E-state index >= 15 is 0 Å². The molecule has 0 aliphatic heterocycles. The van der Waals surface area contributed by atoms with E-state index in [1.807, 2.05) is 39.0 Å². The van der Waals surface area contributed by atoms with Gasteiger partial charge in [0.15, 0.2) is 11.6 Å². The second-order valence-corrected chi connectivity index (χ2v) is 8.14. The zero-order chi connectivity index (χ0) is 23.7. The Kier molecular flexibility index (Phi) is 5.96. The number of anilines is 1. The largest absolute Gasteiger partial charge is 0.462 e. The van der Waals surface area contributed by atoms with Gasteiger partial charge in [-0.2, -0.15) is 9.78 Å². The van der Waals surface area contributed by atoms with Gasteiger partial charge in [0.1, 0.15) is 5.56 Å². The lowest BCUT2D eigenvalue weighted by Gasteiger charge is -2.13. The molecule has 2 heterocycles. The molecule has 1 N–H and O–H groups in total. The van der Waals surface area contributed by atoms with E-state index in [0.717, 1.165) is 33.2 Å². The summed E-state index contributed by atoms with van der Waals surface area (Å²) in [6.07, 6.45) is 1.40. The summed E-state index contributed by atoms with van der Waals surface area (Å²) in [5.74, 6) is -0.194. The number of hydrogen-bond donors (Lipinski definition) is 1. The van der Waals surface area contributed by atoms with Crippen LogP contribution < -0.4 is 5.32 Å². The van der Waals surface area contributed by atoms with Crippen LogP contribution in [0.15, 0.2) is 48.7 Å². The summed E-state index contributed by atoms with van der Waals surface area (Å²) in [4.78, 5) is 30.5. The van der Waals surface area contributed by atoms with Crippen LogP contribution >= 0.6 is 0 Å². The van der Waals surface area contributed by atoms with Gasteiger partial charge in [0, 0.05) is 10.9 Å². The van der Waals surface area contributed by atoms with E-state index in [2.05, 4.69) is 29.5 Å².